The van der Waals surface area contributed by atoms with Gasteiger partial charge in [-0.25, -0.2) is 9.78 Å². The number of aliphatic carboxylic acids is 1. The fraction of sp³-hybridized carbons (Fsp3) is 0.417. The minimum atomic E-state index is -1.08. The largest absolute Gasteiger partial charge is 0.480 e. The molecule has 98 valence electrons. The van der Waals surface area contributed by atoms with Gasteiger partial charge in [-0.15, -0.1) is 0 Å². The Labute approximate surface area is 105 Å². The molecule has 0 aliphatic heterocycles. The van der Waals surface area contributed by atoms with Crippen LogP contribution in [0, 0.1) is 0 Å². The molecule has 6 nitrogen and oxygen atoms in total. The van der Waals surface area contributed by atoms with Crippen LogP contribution in [-0.2, 0) is 4.79 Å². The van der Waals surface area contributed by atoms with Gasteiger partial charge in [0.25, 0.3) is 0 Å². The summed E-state index contributed by atoms with van der Waals surface area (Å²) in [5, 5.41) is 12.1. The monoisotopic (exact) mass is 251 g/mol. The lowest BCUT2D eigenvalue weighted by molar-refractivity contribution is -0.142. The lowest BCUT2D eigenvalue weighted by Crippen LogP contribution is -2.45. The van der Waals surface area contributed by atoms with E-state index in [1.165, 1.54) is 18.3 Å². The van der Waals surface area contributed by atoms with E-state index in [1.54, 1.807) is 13.8 Å². The van der Waals surface area contributed by atoms with Crippen LogP contribution < -0.4 is 11.1 Å². The number of aromatic nitrogens is 1. The number of primary amides is 1. The minimum Gasteiger partial charge on any atom is -0.480 e. The molecule has 0 fully saturated rings. The van der Waals surface area contributed by atoms with E-state index in [1.807, 2.05) is 0 Å². The Kier molecular flexibility index (Phi) is 4.25. The van der Waals surface area contributed by atoms with Gasteiger partial charge in [0.15, 0.2) is 0 Å². The Bertz CT molecular complexity index is 456. The molecular formula is C12H17N3O3. The molecule has 1 amide bonds. The van der Waals surface area contributed by atoms with Crippen LogP contribution in [0.3, 0.4) is 0 Å². The second-order valence-corrected chi connectivity index (χ2v) is 4.01. The molecule has 0 aliphatic carbocycles. The number of carboxylic acids is 1. The molecule has 1 aromatic heterocycles. The number of nitrogens with one attached hydrogen (secondary N) is 1. The zero-order chi connectivity index (χ0) is 13.8. The third-order valence-corrected chi connectivity index (χ3v) is 3.03. The van der Waals surface area contributed by atoms with Gasteiger partial charge >= 0.3 is 5.97 Å². The van der Waals surface area contributed by atoms with Crippen LogP contribution in [0.25, 0.3) is 0 Å². The predicted octanol–water partition coefficient (Wildman–Crippen LogP) is 1.24. The third-order valence-electron chi connectivity index (χ3n) is 3.03. The molecule has 6 heteroatoms. The summed E-state index contributed by atoms with van der Waals surface area (Å²) in [7, 11) is 0. The molecule has 0 radical (unpaired) electrons. The Morgan fingerprint density at radius 1 is 1.44 bits per heavy atom. The molecule has 0 aromatic carbocycles. The minimum absolute atomic E-state index is 0.291. The van der Waals surface area contributed by atoms with Crippen molar-refractivity contribution in [3.8, 4) is 0 Å². The van der Waals surface area contributed by atoms with Gasteiger partial charge < -0.3 is 16.2 Å². The number of carbonyl (C=O) groups is 2. The van der Waals surface area contributed by atoms with Gasteiger partial charge in [0, 0.05) is 11.8 Å². The summed E-state index contributed by atoms with van der Waals surface area (Å²) in [5.41, 5.74) is 4.37. The summed E-state index contributed by atoms with van der Waals surface area (Å²) in [6, 6.07) is 2.93. The molecule has 1 aromatic rings. The van der Waals surface area contributed by atoms with Crippen molar-refractivity contribution in [3.63, 3.8) is 0 Å². The number of amides is 1. The maximum absolute atomic E-state index is 11.3. The highest BCUT2D eigenvalue weighted by molar-refractivity contribution is 5.93. The van der Waals surface area contributed by atoms with E-state index in [4.69, 9.17) is 5.73 Å². The molecule has 0 atom stereocenters. The number of rotatable bonds is 6. The van der Waals surface area contributed by atoms with Crippen LogP contribution in [0.2, 0.25) is 0 Å². The fourth-order valence-corrected chi connectivity index (χ4v) is 1.68. The highest BCUT2D eigenvalue weighted by Gasteiger charge is 2.35. The van der Waals surface area contributed by atoms with Gasteiger partial charge in [-0.1, -0.05) is 13.8 Å². The first kappa shape index (κ1) is 14.0. The van der Waals surface area contributed by atoms with Gasteiger partial charge in [0.05, 0.1) is 0 Å². The molecule has 1 heterocycles. The number of anilines is 1. The lowest BCUT2D eigenvalue weighted by Gasteiger charge is -2.28. The molecule has 0 spiro atoms. The van der Waals surface area contributed by atoms with Crippen LogP contribution in [-0.4, -0.2) is 27.5 Å². The first-order valence-corrected chi connectivity index (χ1v) is 5.72. The van der Waals surface area contributed by atoms with E-state index < -0.39 is 17.4 Å². The number of pyridine rings is 1. The number of carbonyl (C=O) groups excluding carboxylic acids is 1. The van der Waals surface area contributed by atoms with E-state index in [0.717, 1.165) is 0 Å². The molecule has 0 saturated carbocycles. The number of nitrogens with two attached hydrogens (primary N) is 1. The van der Waals surface area contributed by atoms with Crippen molar-refractivity contribution in [1.82, 2.24) is 4.98 Å². The Morgan fingerprint density at radius 3 is 2.50 bits per heavy atom. The summed E-state index contributed by atoms with van der Waals surface area (Å²) in [6.07, 6.45) is 2.23. The van der Waals surface area contributed by atoms with Crippen molar-refractivity contribution < 1.29 is 14.7 Å². The molecule has 0 unspecified atom stereocenters. The Hall–Kier alpha value is -2.11. The SMILES string of the molecule is CCC(CC)(Nc1cc(C(N)=O)ccn1)C(=O)O. The van der Waals surface area contributed by atoms with Gasteiger partial charge in [-0.05, 0) is 25.0 Å². The van der Waals surface area contributed by atoms with Crippen LogP contribution in [0.15, 0.2) is 18.3 Å². The smallest absolute Gasteiger partial charge is 0.329 e. The van der Waals surface area contributed by atoms with Crippen LogP contribution in [0.5, 0.6) is 0 Å². The van der Waals surface area contributed by atoms with Crippen LogP contribution in [0.4, 0.5) is 5.82 Å². The summed E-state index contributed by atoms with van der Waals surface area (Å²) in [6.45, 7) is 3.56. The van der Waals surface area contributed by atoms with Gasteiger partial charge in [-0.2, -0.15) is 0 Å². The molecular weight excluding hydrogens is 234 g/mol. The van der Waals surface area contributed by atoms with Crippen molar-refractivity contribution in [2.75, 3.05) is 5.32 Å². The summed E-state index contributed by atoms with van der Waals surface area (Å²) in [4.78, 5) is 26.4. The highest BCUT2D eigenvalue weighted by atomic mass is 16.4. The number of nitrogens with zero attached hydrogens (tertiary/aromatic N) is 1. The Balaban J connectivity index is 3.05. The maximum atomic E-state index is 11.3. The standard InChI is InChI=1S/C12H17N3O3/c1-3-12(4-2,11(17)18)15-9-7-8(10(13)16)5-6-14-9/h5-7H,3-4H2,1-2H3,(H2,13,16)(H,14,15)(H,17,18). The Morgan fingerprint density at radius 2 is 2.06 bits per heavy atom. The number of carboxylic acid groups (broad SMARTS) is 1. The molecule has 0 bridgehead atoms. The van der Waals surface area contributed by atoms with Crippen molar-refractivity contribution in [1.29, 1.82) is 0 Å². The van der Waals surface area contributed by atoms with E-state index >= 15 is 0 Å². The van der Waals surface area contributed by atoms with Crippen molar-refractivity contribution in [2.24, 2.45) is 5.73 Å². The van der Waals surface area contributed by atoms with Crippen LogP contribution in [0.1, 0.15) is 37.0 Å². The second-order valence-electron chi connectivity index (χ2n) is 4.01. The zero-order valence-electron chi connectivity index (χ0n) is 10.4. The van der Waals surface area contributed by atoms with E-state index in [0.29, 0.717) is 24.2 Å². The summed E-state index contributed by atoms with van der Waals surface area (Å²) >= 11 is 0. The summed E-state index contributed by atoms with van der Waals surface area (Å²) in [5.74, 6) is -1.19. The van der Waals surface area contributed by atoms with Crippen molar-refractivity contribution >= 4 is 17.7 Å². The predicted molar refractivity (Wildman–Crippen MR) is 67.3 cm³/mol. The quantitative estimate of drug-likeness (QED) is 0.705. The number of hydrogen-bond acceptors (Lipinski definition) is 4. The average molecular weight is 251 g/mol. The number of hydrogen-bond donors (Lipinski definition) is 3. The normalized spacial score (nSPS) is 11.0. The van der Waals surface area contributed by atoms with Crippen molar-refractivity contribution in [3.05, 3.63) is 23.9 Å². The topological polar surface area (TPSA) is 105 Å². The first-order chi connectivity index (χ1) is 8.45. The third kappa shape index (κ3) is 2.77. The van der Waals surface area contributed by atoms with Crippen molar-refractivity contribution in [2.45, 2.75) is 32.2 Å². The average Bonchev–Trinajstić information content (AvgIpc) is 2.36. The molecule has 18 heavy (non-hydrogen) atoms. The zero-order valence-corrected chi connectivity index (χ0v) is 10.4. The second kappa shape index (κ2) is 5.48. The molecule has 0 aliphatic rings. The summed E-state index contributed by atoms with van der Waals surface area (Å²) < 4.78 is 0. The van der Waals surface area contributed by atoms with E-state index in [2.05, 4.69) is 10.3 Å². The van der Waals surface area contributed by atoms with Gasteiger partial charge in [0.2, 0.25) is 5.91 Å². The lowest BCUT2D eigenvalue weighted by atomic mass is 9.93. The van der Waals surface area contributed by atoms with Gasteiger partial charge in [0.1, 0.15) is 11.4 Å². The first-order valence-electron chi connectivity index (χ1n) is 5.72. The molecule has 4 N–H and O–H groups in total. The fourth-order valence-electron chi connectivity index (χ4n) is 1.68. The highest BCUT2D eigenvalue weighted by Crippen LogP contribution is 2.21. The van der Waals surface area contributed by atoms with E-state index in [9.17, 15) is 14.7 Å². The maximum Gasteiger partial charge on any atom is 0.329 e. The molecule has 1 rings (SSSR count). The molecule has 0 saturated heterocycles. The van der Waals surface area contributed by atoms with E-state index in [-0.39, 0.29) is 0 Å². The van der Waals surface area contributed by atoms with Gasteiger partial charge in [-0.3, -0.25) is 4.79 Å². The van der Waals surface area contributed by atoms with Crippen LogP contribution >= 0.6 is 0 Å².